The molecule has 0 aromatic rings. The van der Waals surface area contributed by atoms with Crippen molar-refractivity contribution in [1.82, 2.24) is 0 Å². The van der Waals surface area contributed by atoms with Crippen molar-refractivity contribution < 1.29 is 52.5 Å². The van der Waals surface area contributed by atoms with Crippen LogP contribution in [0.25, 0.3) is 0 Å². The van der Waals surface area contributed by atoms with Crippen LogP contribution >= 0.6 is 0 Å². The fourth-order valence-corrected chi connectivity index (χ4v) is 0. The van der Waals surface area contributed by atoms with Crippen LogP contribution in [0.15, 0.2) is 0 Å². The molecule has 0 saturated heterocycles. The summed E-state index contributed by atoms with van der Waals surface area (Å²) in [5.41, 5.74) is 0. The van der Waals surface area contributed by atoms with Crippen molar-refractivity contribution >= 4 is 0 Å². The number of aliphatic hydroxyl groups is 1. The first-order chi connectivity index (χ1) is 1.41. The first-order valence-electron chi connectivity index (χ1n) is 1.02. The van der Waals surface area contributed by atoms with E-state index in [1.807, 2.05) is 0 Å². The van der Waals surface area contributed by atoms with Crippen molar-refractivity contribution in [3.63, 3.8) is 0 Å². The SMILES string of the molecule is CCO.O.[Cl-].[Na+]. The summed E-state index contributed by atoms with van der Waals surface area (Å²) >= 11 is 0. The Morgan fingerprint density at radius 1 is 1.50 bits per heavy atom. The molecule has 0 atom stereocenters. The molecule has 0 amide bonds. The van der Waals surface area contributed by atoms with E-state index in [1.165, 1.54) is 0 Å². The molecule has 0 bridgehead atoms. The molecule has 0 spiro atoms. The van der Waals surface area contributed by atoms with Crippen molar-refractivity contribution in [3.8, 4) is 0 Å². The molecule has 2 nitrogen and oxygen atoms in total. The zero-order chi connectivity index (χ0) is 2.71. The molecule has 3 N–H and O–H groups in total. The Morgan fingerprint density at radius 3 is 1.50 bits per heavy atom. The van der Waals surface area contributed by atoms with Gasteiger partial charge in [-0.05, 0) is 6.92 Å². The summed E-state index contributed by atoms with van der Waals surface area (Å²) in [6.45, 7) is 1.93. The third kappa shape index (κ3) is 63.1. The average Bonchev–Trinajstić information content (AvgIpc) is 0.918. The van der Waals surface area contributed by atoms with E-state index in [0.717, 1.165) is 0 Å². The molecule has 4 heteroatoms. The van der Waals surface area contributed by atoms with Crippen molar-refractivity contribution in [2.24, 2.45) is 0 Å². The molecule has 0 aromatic heterocycles. The van der Waals surface area contributed by atoms with Crippen LogP contribution in [0.1, 0.15) is 6.92 Å². The van der Waals surface area contributed by atoms with Crippen molar-refractivity contribution in [2.45, 2.75) is 6.92 Å². The Hall–Kier alpha value is 1.21. The fourth-order valence-electron chi connectivity index (χ4n) is 0. The third-order valence-corrected chi connectivity index (χ3v) is 0. The molecule has 0 aliphatic carbocycles. The maximum atomic E-state index is 7.57. The van der Waals surface area contributed by atoms with Gasteiger partial charge in [0.15, 0.2) is 0 Å². The molecule has 0 aliphatic heterocycles. The molecule has 36 valence electrons. The maximum Gasteiger partial charge on any atom is 1.00 e. The third-order valence-electron chi connectivity index (χ3n) is 0. The van der Waals surface area contributed by atoms with Crippen LogP contribution in [0.5, 0.6) is 0 Å². The molecule has 0 radical (unpaired) electrons. The van der Waals surface area contributed by atoms with Crippen molar-refractivity contribution in [3.05, 3.63) is 0 Å². The summed E-state index contributed by atoms with van der Waals surface area (Å²) in [4.78, 5) is 0. The van der Waals surface area contributed by atoms with Crippen LogP contribution in [-0.4, -0.2) is 17.2 Å². The van der Waals surface area contributed by atoms with E-state index in [9.17, 15) is 0 Å². The summed E-state index contributed by atoms with van der Waals surface area (Å²) in [7, 11) is 0. The van der Waals surface area contributed by atoms with E-state index in [4.69, 9.17) is 5.11 Å². The van der Waals surface area contributed by atoms with Crippen LogP contribution in [-0.2, 0) is 0 Å². The maximum absolute atomic E-state index is 7.57. The number of hydrogen-bond donors (Lipinski definition) is 1. The quantitative estimate of drug-likeness (QED) is 0.319. The minimum absolute atomic E-state index is 0. The standard InChI is InChI=1S/C2H6O.ClH.Na.H2O/c1-2-3;;;/h3H,2H2,1H3;1H;;1H2/q;;+1;/p-1. The van der Waals surface area contributed by atoms with Gasteiger partial charge in [0.1, 0.15) is 0 Å². The Kier molecular flexibility index (Phi) is 155. The van der Waals surface area contributed by atoms with Gasteiger partial charge in [0.2, 0.25) is 0 Å². The van der Waals surface area contributed by atoms with Gasteiger partial charge >= 0.3 is 29.6 Å². The molecular weight excluding hydrogens is 114 g/mol. The molecule has 0 heterocycles. The molecule has 0 unspecified atom stereocenters. The van der Waals surface area contributed by atoms with E-state index in [-0.39, 0.29) is 54.0 Å². The van der Waals surface area contributed by atoms with Crippen molar-refractivity contribution in [1.29, 1.82) is 0 Å². The number of aliphatic hydroxyl groups excluding tert-OH is 1. The van der Waals surface area contributed by atoms with Gasteiger partial charge in [-0.15, -0.1) is 0 Å². The van der Waals surface area contributed by atoms with Crippen LogP contribution in [0.2, 0.25) is 0 Å². The van der Waals surface area contributed by atoms with Gasteiger partial charge in [0.05, 0.1) is 0 Å². The van der Waals surface area contributed by atoms with Gasteiger partial charge in [0, 0.05) is 6.61 Å². The van der Waals surface area contributed by atoms with E-state index in [2.05, 4.69) is 0 Å². The van der Waals surface area contributed by atoms with Crippen LogP contribution in [0.4, 0.5) is 0 Å². The Balaban J connectivity index is -0.00000000667. The number of rotatable bonds is 0. The van der Waals surface area contributed by atoms with Gasteiger partial charge < -0.3 is 23.0 Å². The van der Waals surface area contributed by atoms with Crippen LogP contribution in [0.3, 0.4) is 0 Å². The largest absolute Gasteiger partial charge is 1.00 e. The van der Waals surface area contributed by atoms with E-state index < -0.39 is 0 Å². The van der Waals surface area contributed by atoms with Crippen LogP contribution < -0.4 is 42.0 Å². The second kappa shape index (κ2) is 34.5. The van der Waals surface area contributed by atoms with Gasteiger partial charge in [-0.1, -0.05) is 0 Å². The van der Waals surface area contributed by atoms with E-state index in [0.29, 0.717) is 0 Å². The van der Waals surface area contributed by atoms with Gasteiger partial charge in [-0.3, -0.25) is 0 Å². The van der Waals surface area contributed by atoms with Gasteiger partial charge in [-0.25, -0.2) is 0 Å². The minimum Gasteiger partial charge on any atom is -1.00 e. The number of hydrogen-bond acceptors (Lipinski definition) is 1. The molecule has 6 heavy (non-hydrogen) atoms. The Bertz CT molecular complexity index is 11.5. The predicted octanol–water partition coefficient (Wildman–Crippen LogP) is -6.82. The monoisotopic (exact) mass is 122 g/mol. The second-order valence-corrected chi connectivity index (χ2v) is 0.316. The van der Waals surface area contributed by atoms with E-state index >= 15 is 0 Å². The first kappa shape index (κ1) is 27.0. The molecule has 0 rings (SSSR count). The van der Waals surface area contributed by atoms with Gasteiger partial charge in [0.25, 0.3) is 0 Å². The molecule has 0 aromatic carbocycles. The number of halogens is 1. The normalized spacial score (nSPS) is 3.00. The van der Waals surface area contributed by atoms with Gasteiger partial charge in [-0.2, -0.15) is 0 Å². The summed E-state index contributed by atoms with van der Waals surface area (Å²) in [6.07, 6.45) is 0. The Morgan fingerprint density at radius 2 is 1.50 bits per heavy atom. The Labute approximate surface area is 65.9 Å². The zero-order valence-electron chi connectivity index (χ0n) is 4.03. The second-order valence-electron chi connectivity index (χ2n) is 0.316. The molecule has 0 aliphatic rings. The summed E-state index contributed by atoms with van der Waals surface area (Å²) in [6, 6.07) is 0. The summed E-state index contributed by atoms with van der Waals surface area (Å²) in [5.74, 6) is 0. The van der Waals surface area contributed by atoms with E-state index in [1.54, 1.807) is 6.92 Å². The molecular formula is C2H8ClNaO2. The minimum atomic E-state index is 0. The summed E-state index contributed by atoms with van der Waals surface area (Å²) < 4.78 is 0. The smallest absolute Gasteiger partial charge is 1.00 e. The molecule has 0 saturated carbocycles. The fraction of sp³-hybridized carbons (Fsp3) is 1.00. The van der Waals surface area contributed by atoms with Crippen LogP contribution in [0, 0.1) is 0 Å². The topological polar surface area (TPSA) is 51.7 Å². The van der Waals surface area contributed by atoms with Crippen molar-refractivity contribution in [2.75, 3.05) is 6.61 Å². The molecule has 0 fully saturated rings. The summed E-state index contributed by atoms with van der Waals surface area (Å²) in [5, 5.41) is 7.57. The zero-order valence-corrected chi connectivity index (χ0v) is 6.79. The first-order valence-corrected chi connectivity index (χ1v) is 1.02. The predicted molar refractivity (Wildman–Crippen MR) is 16.4 cm³/mol. The average molecular weight is 123 g/mol.